The summed E-state index contributed by atoms with van der Waals surface area (Å²) >= 11 is 5.96. The van der Waals surface area contributed by atoms with Gasteiger partial charge in [0.1, 0.15) is 11.5 Å². The number of rotatable bonds is 6. The highest BCUT2D eigenvalue weighted by Crippen LogP contribution is 2.15. The molecule has 0 aliphatic heterocycles. The molecule has 0 aliphatic rings. The molecule has 1 aromatic heterocycles. The summed E-state index contributed by atoms with van der Waals surface area (Å²) in [6.45, 7) is 0. The van der Waals surface area contributed by atoms with Gasteiger partial charge in [0.15, 0.2) is 0 Å². The Balaban J connectivity index is 1.52. The van der Waals surface area contributed by atoms with Gasteiger partial charge in [0.2, 0.25) is 0 Å². The number of carbonyl (C=O) groups excluding carboxylic acids is 2. The summed E-state index contributed by atoms with van der Waals surface area (Å²) in [6, 6.07) is 16.8. The molecule has 0 unspecified atom stereocenters. The van der Waals surface area contributed by atoms with Gasteiger partial charge >= 0.3 is 5.97 Å². The molecule has 0 bridgehead atoms. The molecule has 6 nitrogen and oxygen atoms in total. The van der Waals surface area contributed by atoms with Gasteiger partial charge in [-0.05, 0) is 60.2 Å². The molecule has 1 heterocycles. The Hall–Kier alpha value is -3.64. The molecule has 0 fully saturated rings. The first-order chi connectivity index (χ1) is 13.6. The van der Waals surface area contributed by atoms with Crippen LogP contribution in [0.4, 0.5) is 0 Å². The lowest BCUT2D eigenvalue weighted by atomic mass is 10.2. The first-order valence-corrected chi connectivity index (χ1v) is 8.61. The van der Waals surface area contributed by atoms with Gasteiger partial charge in [-0.3, -0.25) is 4.79 Å². The summed E-state index contributed by atoms with van der Waals surface area (Å²) in [4.78, 5) is 23.8. The zero-order chi connectivity index (χ0) is 19.8. The Bertz CT molecular complexity index is 1010. The quantitative estimate of drug-likeness (QED) is 0.222. The van der Waals surface area contributed by atoms with E-state index in [-0.39, 0.29) is 0 Å². The lowest BCUT2D eigenvalue weighted by molar-refractivity contribution is -0.128. The predicted octanol–water partition coefficient (Wildman–Crippen LogP) is 4.32. The lowest BCUT2D eigenvalue weighted by Crippen LogP contribution is -2.17. The van der Waals surface area contributed by atoms with Crippen molar-refractivity contribution >= 4 is 35.8 Å². The molecule has 1 amide bonds. The average Bonchev–Trinajstić information content (AvgIpc) is 3.22. The summed E-state index contributed by atoms with van der Waals surface area (Å²) in [6.07, 6.45) is 5.78. The molecule has 0 atom stereocenters. The Morgan fingerprint density at radius 3 is 2.54 bits per heavy atom. The minimum atomic E-state index is -0.523. The van der Waals surface area contributed by atoms with Crippen LogP contribution in [0.3, 0.4) is 0 Å². The highest BCUT2D eigenvalue weighted by atomic mass is 35.5. The van der Waals surface area contributed by atoms with Gasteiger partial charge in [-0.1, -0.05) is 23.7 Å². The average molecular weight is 395 g/mol. The van der Waals surface area contributed by atoms with Crippen LogP contribution in [0.15, 0.2) is 82.5 Å². The molecule has 2 aromatic carbocycles. The van der Waals surface area contributed by atoms with Gasteiger partial charge in [0.05, 0.1) is 23.1 Å². The zero-order valence-corrected chi connectivity index (χ0v) is 15.3. The van der Waals surface area contributed by atoms with E-state index in [1.807, 2.05) is 0 Å². The molecular weight excluding hydrogens is 380 g/mol. The van der Waals surface area contributed by atoms with Gasteiger partial charge < -0.3 is 9.15 Å². The second kappa shape index (κ2) is 9.34. The number of nitrogens with zero attached hydrogens (tertiary/aromatic N) is 1. The molecule has 140 valence electrons. The van der Waals surface area contributed by atoms with Crippen LogP contribution in [0.1, 0.15) is 21.7 Å². The fourth-order valence-electron chi connectivity index (χ4n) is 2.18. The highest BCUT2D eigenvalue weighted by Gasteiger charge is 2.07. The number of ether oxygens (including phenoxy) is 1. The van der Waals surface area contributed by atoms with Crippen LogP contribution in [0.5, 0.6) is 5.75 Å². The van der Waals surface area contributed by atoms with Crippen LogP contribution in [-0.2, 0) is 4.79 Å². The monoisotopic (exact) mass is 394 g/mol. The van der Waals surface area contributed by atoms with E-state index in [0.717, 1.165) is 0 Å². The number of hydrogen-bond donors (Lipinski definition) is 1. The molecule has 1 N–H and O–H groups in total. The van der Waals surface area contributed by atoms with Crippen molar-refractivity contribution in [3.8, 4) is 5.75 Å². The fraction of sp³-hybridized carbons (Fsp3) is 0. The maximum Gasteiger partial charge on any atom is 0.336 e. The van der Waals surface area contributed by atoms with E-state index < -0.39 is 11.9 Å². The molecule has 3 aromatic rings. The van der Waals surface area contributed by atoms with Gasteiger partial charge in [-0.25, -0.2) is 10.2 Å². The number of furan rings is 1. The van der Waals surface area contributed by atoms with Crippen molar-refractivity contribution in [1.82, 2.24) is 5.43 Å². The molecule has 3 rings (SSSR count). The smallest absolute Gasteiger partial charge is 0.336 e. The van der Waals surface area contributed by atoms with Crippen molar-refractivity contribution in [2.45, 2.75) is 0 Å². The topological polar surface area (TPSA) is 80.9 Å². The van der Waals surface area contributed by atoms with E-state index in [1.165, 1.54) is 24.6 Å². The van der Waals surface area contributed by atoms with Crippen LogP contribution < -0.4 is 10.2 Å². The van der Waals surface area contributed by atoms with E-state index in [2.05, 4.69) is 10.5 Å². The molecule has 0 aliphatic carbocycles. The van der Waals surface area contributed by atoms with Crippen molar-refractivity contribution in [1.29, 1.82) is 0 Å². The van der Waals surface area contributed by atoms with E-state index in [0.29, 0.717) is 27.7 Å². The first-order valence-electron chi connectivity index (χ1n) is 8.23. The first kappa shape index (κ1) is 19.1. The molecule has 0 saturated heterocycles. The second-order valence-corrected chi connectivity index (χ2v) is 5.93. The Morgan fingerprint density at radius 1 is 1.04 bits per heavy atom. The van der Waals surface area contributed by atoms with Crippen LogP contribution in [0.2, 0.25) is 5.02 Å². The molecule has 0 saturated carbocycles. The Kier molecular flexibility index (Phi) is 6.38. The highest BCUT2D eigenvalue weighted by molar-refractivity contribution is 6.33. The molecule has 28 heavy (non-hydrogen) atoms. The van der Waals surface area contributed by atoms with Crippen LogP contribution in [-0.4, -0.2) is 18.1 Å². The van der Waals surface area contributed by atoms with Crippen molar-refractivity contribution in [3.63, 3.8) is 0 Å². The number of nitrogens with one attached hydrogen (secondary N) is 1. The van der Waals surface area contributed by atoms with E-state index in [9.17, 15) is 9.59 Å². The van der Waals surface area contributed by atoms with Crippen LogP contribution >= 0.6 is 11.6 Å². The largest absolute Gasteiger partial charge is 0.465 e. The summed E-state index contributed by atoms with van der Waals surface area (Å²) in [7, 11) is 0. The van der Waals surface area contributed by atoms with Gasteiger partial charge in [-0.2, -0.15) is 5.10 Å². The third-order valence-electron chi connectivity index (χ3n) is 3.52. The molecule has 7 heteroatoms. The third kappa shape index (κ3) is 5.43. The minimum absolute atomic E-state index is 0.339. The van der Waals surface area contributed by atoms with Gasteiger partial charge in [-0.15, -0.1) is 0 Å². The van der Waals surface area contributed by atoms with Gasteiger partial charge in [0.25, 0.3) is 5.91 Å². The number of hydrazone groups is 1. The van der Waals surface area contributed by atoms with E-state index >= 15 is 0 Å². The van der Waals surface area contributed by atoms with E-state index in [4.69, 9.17) is 20.8 Å². The maximum atomic E-state index is 12.0. The minimum Gasteiger partial charge on any atom is -0.465 e. The number of benzene rings is 2. The predicted molar refractivity (Wildman–Crippen MR) is 106 cm³/mol. The molecule has 0 radical (unpaired) electrons. The molecular formula is C21H15ClN2O4. The third-order valence-corrected chi connectivity index (χ3v) is 3.85. The van der Waals surface area contributed by atoms with Crippen molar-refractivity contribution < 1.29 is 18.7 Å². The number of esters is 1. The molecule has 0 spiro atoms. The van der Waals surface area contributed by atoms with Gasteiger partial charge in [0, 0.05) is 6.08 Å². The lowest BCUT2D eigenvalue weighted by Gasteiger charge is -2.02. The number of carbonyl (C=O) groups is 2. The standard InChI is InChI=1S/C21H15ClN2O4/c22-19-6-2-1-5-18(19)21(26)24-23-14-15-7-9-17(10-8-15)28-20(25)12-11-16-4-3-13-27-16/h1-14H,(H,24,26)/b12-11-,23-14?. The zero-order valence-electron chi connectivity index (χ0n) is 14.5. The Morgan fingerprint density at radius 2 is 1.82 bits per heavy atom. The van der Waals surface area contributed by atoms with Crippen molar-refractivity contribution in [2.75, 3.05) is 0 Å². The normalized spacial score (nSPS) is 11.0. The summed E-state index contributed by atoms with van der Waals surface area (Å²) in [5.41, 5.74) is 3.46. The van der Waals surface area contributed by atoms with Crippen LogP contribution in [0, 0.1) is 0 Å². The number of halogens is 1. The summed E-state index contributed by atoms with van der Waals surface area (Å²) < 4.78 is 10.3. The van der Waals surface area contributed by atoms with E-state index in [1.54, 1.807) is 60.7 Å². The Labute approximate surface area is 166 Å². The maximum absolute atomic E-state index is 12.0. The fourth-order valence-corrected chi connectivity index (χ4v) is 2.40. The summed E-state index contributed by atoms with van der Waals surface area (Å²) in [5.74, 6) is 0.00857. The summed E-state index contributed by atoms with van der Waals surface area (Å²) in [5, 5.41) is 4.24. The van der Waals surface area contributed by atoms with Crippen molar-refractivity contribution in [3.05, 3.63) is 94.9 Å². The number of hydrogen-bond acceptors (Lipinski definition) is 5. The second-order valence-electron chi connectivity index (χ2n) is 5.52. The number of amides is 1. The SMILES string of the molecule is O=C(/C=C\c1ccco1)Oc1ccc(C=NNC(=O)c2ccccc2Cl)cc1. The van der Waals surface area contributed by atoms with Crippen molar-refractivity contribution in [2.24, 2.45) is 5.10 Å². The van der Waals surface area contributed by atoms with Crippen LogP contribution in [0.25, 0.3) is 6.08 Å².